The standard InChI is InChI=1S/C14H22INO4/c1-2-3-4-5-6-7-10-19-13(17)12-16-14(18)20-11-8-9-15/h2-7,10-12H2,1H3,(H,16,18). The van der Waals surface area contributed by atoms with Crippen molar-refractivity contribution in [3.8, 4) is 9.85 Å². The molecule has 20 heavy (non-hydrogen) atoms. The van der Waals surface area contributed by atoms with Gasteiger partial charge in [0.15, 0.2) is 6.61 Å². The van der Waals surface area contributed by atoms with Crippen molar-refractivity contribution in [3.63, 3.8) is 0 Å². The van der Waals surface area contributed by atoms with Gasteiger partial charge in [0.2, 0.25) is 0 Å². The van der Waals surface area contributed by atoms with E-state index in [9.17, 15) is 9.59 Å². The molecule has 0 rings (SSSR count). The van der Waals surface area contributed by atoms with Crippen LogP contribution < -0.4 is 5.32 Å². The summed E-state index contributed by atoms with van der Waals surface area (Å²) in [5.41, 5.74) is 0. The number of carbonyl (C=O) groups is 2. The lowest BCUT2D eigenvalue weighted by atomic mass is 10.1. The van der Waals surface area contributed by atoms with Crippen molar-refractivity contribution in [2.45, 2.75) is 45.4 Å². The van der Waals surface area contributed by atoms with Crippen LogP contribution in [0.25, 0.3) is 0 Å². The van der Waals surface area contributed by atoms with Crippen LogP contribution in [0.3, 0.4) is 0 Å². The molecule has 0 unspecified atom stereocenters. The lowest BCUT2D eigenvalue weighted by Gasteiger charge is -2.06. The Bertz CT molecular complexity index is 336. The highest BCUT2D eigenvalue weighted by molar-refractivity contribution is 14.1. The van der Waals surface area contributed by atoms with Crippen LogP contribution in [0.15, 0.2) is 0 Å². The fourth-order valence-corrected chi connectivity index (χ4v) is 1.60. The molecule has 6 heteroatoms. The summed E-state index contributed by atoms with van der Waals surface area (Å²) in [5, 5.41) is 2.30. The van der Waals surface area contributed by atoms with E-state index in [1.807, 2.05) is 22.6 Å². The minimum absolute atomic E-state index is 0.0155. The number of unbranched alkanes of at least 4 members (excludes halogenated alkanes) is 5. The van der Waals surface area contributed by atoms with Gasteiger partial charge in [0.05, 0.1) is 6.61 Å². The van der Waals surface area contributed by atoms with E-state index < -0.39 is 12.1 Å². The molecule has 0 fully saturated rings. The predicted octanol–water partition coefficient (Wildman–Crippen LogP) is 3.01. The molecule has 0 spiro atoms. The highest BCUT2D eigenvalue weighted by Gasteiger charge is 2.06. The first kappa shape index (κ1) is 19.0. The zero-order valence-electron chi connectivity index (χ0n) is 11.9. The Balaban J connectivity index is 3.39. The van der Waals surface area contributed by atoms with Crippen molar-refractivity contribution in [1.29, 1.82) is 0 Å². The lowest BCUT2D eigenvalue weighted by molar-refractivity contribution is -0.142. The zero-order valence-corrected chi connectivity index (χ0v) is 14.0. The third kappa shape index (κ3) is 13.5. The van der Waals surface area contributed by atoms with Crippen molar-refractivity contribution in [3.05, 3.63) is 0 Å². The molecule has 0 bridgehead atoms. The average molecular weight is 395 g/mol. The van der Waals surface area contributed by atoms with Gasteiger partial charge in [-0.1, -0.05) is 44.9 Å². The fraction of sp³-hybridized carbons (Fsp3) is 0.714. The van der Waals surface area contributed by atoms with E-state index in [-0.39, 0.29) is 13.2 Å². The summed E-state index contributed by atoms with van der Waals surface area (Å²) in [4.78, 5) is 22.4. The maximum atomic E-state index is 11.3. The van der Waals surface area contributed by atoms with Crippen LogP contribution in [0.4, 0.5) is 4.79 Å². The molecule has 0 aliphatic heterocycles. The number of nitrogens with one attached hydrogen (secondary N) is 1. The SMILES string of the molecule is CCCCCCCCOC(=O)CNC(=O)OCC#CI. The molecule has 0 atom stereocenters. The number of carbonyl (C=O) groups excluding carboxylic acids is 2. The van der Waals surface area contributed by atoms with Crippen LogP contribution in [0.5, 0.6) is 0 Å². The van der Waals surface area contributed by atoms with Crippen molar-refractivity contribution >= 4 is 34.7 Å². The second-order valence-electron chi connectivity index (χ2n) is 4.19. The highest BCUT2D eigenvalue weighted by atomic mass is 127. The Labute approximate surface area is 134 Å². The van der Waals surface area contributed by atoms with Crippen molar-refractivity contribution in [2.75, 3.05) is 19.8 Å². The number of hydrogen-bond acceptors (Lipinski definition) is 4. The maximum absolute atomic E-state index is 11.3. The van der Waals surface area contributed by atoms with Crippen molar-refractivity contribution in [2.24, 2.45) is 0 Å². The van der Waals surface area contributed by atoms with Crippen LogP contribution >= 0.6 is 22.6 Å². The van der Waals surface area contributed by atoms with Gasteiger partial charge in [0.25, 0.3) is 0 Å². The van der Waals surface area contributed by atoms with Gasteiger partial charge in [-0.3, -0.25) is 4.79 Å². The number of alkyl carbamates (subject to hydrolysis) is 1. The number of rotatable bonds is 10. The summed E-state index contributed by atoms with van der Waals surface area (Å²) < 4.78 is 12.2. The molecule has 1 amide bonds. The monoisotopic (exact) mass is 395 g/mol. The summed E-state index contributed by atoms with van der Waals surface area (Å²) in [6.07, 6.45) is 6.16. The van der Waals surface area contributed by atoms with Gasteiger partial charge in [-0.2, -0.15) is 0 Å². The van der Waals surface area contributed by atoms with Crippen molar-refractivity contribution < 1.29 is 19.1 Å². The Morgan fingerprint density at radius 3 is 2.50 bits per heavy atom. The Morgan fingerprint density at radius 1 is 1.10 bits per heavy atom. The summed E-state index contributed by atoms with van der Waals surface area (Å²) >= 11 is 1.85. The van der Waals surface area contributed by atoms with Gasteiger partial charge in [-0.05, 0) is 10.3 Å². The molecule has 0 radical (unpaired) electrons. The minimum atomic E-state index is -0.666. The maximum Gasteiger partial charge on any atom is 0.408 e. The van der Waals surface area contributed by atoms with E-state index in [4.69, 9.17) is 4.74 Å². The third-order valence-electron chi connectivity index (χ3n) is 2.48. The first-order chi connectivity index (χ1) is 9.70. The summed E-state index contributed by atoms with van der Waals surface area (Å²) in [6.45, 7) is 2.42. The quantitative estimate of drug-likeness (QED) is 0.267. The molecule has 0 aromatic rings. The van der Waals surface area contributed by atoms with Gasteiger partial charge in [-0.25, -0.2) is 4.79 Å². The molecule has 1 N–H and O–H groups in total. The molecule has 0 aliphatic carbocycles. The number of esters is 1. The molecule has 5 nitrogen and oxygen atoms in total. The molecule has 0 aromatic heterocycles. The van der Waals surface area contributed by atoms with Gasteiger partial charge in [0.1, 0.15) is 6.54 Å². The van der Waals surface area contributed by atoms with Gasteiger partial charge >= 0.3 is 12.1 Å². The van der Waals surface area contributed by atoms with Gasteiger partial charge < -0.3 is 14.8 Å². The molecule has 0 heterocycles. The number of hydrogen-bond donors (Lipinski definition) is 1. The van der Waals surface area contributed by atoms with E-state index >= 15 is 0 Å². The summed E-state index contributed by atoms with van der Waals surface area (Å²) in [6, 6.07) is 0. The number of halogens is 1. The molecule has 0 aromatic carbocycles. The van der Waals surface area contributed by atoms with Crippen LogP contribution in [0.1, 0.15) is 45.4 Å². The van der Waals surface area contributed by atoms with Gasteiger partial charge in [0, 0.05) is 22.6 Å². The molecule has 114 valence electrons. The smallest absolute Gasteiger partial charge is 0.408 e. The second kappa shape index (κ2) is 14.4. The molecular weight excluding hydrogens is 373 g/mol. The van der Waals surface area contributed by atoms with E-state index in [1.165, 1.54) is 25.7 Å². The fourth-order valence-electron chi connectivity index (χ4n) is 1.44. The molecular formula is C14H22INO4. The van der Waals surface area contributed by atoms with Crippen LogP contribution in [-0.4, -0.2) is 31.8 Å². The third-order valence-corrected chi connectivity index (χ3v) is 2.86. The average Bonchev–Trinajstić information content (AvgIpc) is 2.44. The normalized spacial score (nSPS) is 9.30. The van der Waals surface area contributed by atoms with E-state index in [2.05, 4.69) is 26.8 Å². The van der Waals surface area contributed by atoms with Crippen LogP contribution in [0.2, 0.25) is 0 Å². The molecule has 0 saturated carbocycles. The van der Waals surface area contributed by atoms with E-state index in [1.54, 1.807) is 0 Å². The van der Waals surface area contributed by atoms with Crippen LogP contribution in [-0.2, 0) is 14.3 Å². The second-order valence-corrected chi connectivity index (χ2v) is 4.73. The first-order valence-corrected chi connectivity index (χ1v) is 7.93. The van der Waals surface area contributed by atoms with Crippen molar-refractivity contribution in [1.82, 2.24) is 5.32 Å². The Hall–Kier alpha value is -0.970. The topological polar surface area (TPSA) is 64.6 Å². The lowest BCUT2D eigenvalue weighted by Crippen LogP contribution is -2.31. The summed E-state index contributed by atoms with van der Waals surface area (Å²) in [5.74, 6) is 2.12. The molecule has 0 saturated heterocycles. The number of amides is 1. The van der Waals surface area contributed by atoms with E-state index in [0.717, 1.165) is 12.8 Å². The molecule has 0 aliphatic rings. The van der Waals surface area contributed by atoms with Crippen LogP contribution in [0, 0.1) is 9.85 Å². The van der Waals surface area contributed by atoms with Gasteiger partial charge in [-0.15, -0.1) is 0 Å². The summed E-state index contributed by atoms with van der Waals surface area (Å²) in [7, 11) is 0. The zero-order chi connectivity index (χ0) is 15.1. The van der Waals surface area contributed by atoms with E-state index in [0.29, 0.717) is 6.61 Å². The number of ether oxygens (including phenoxy) is 2. The highest BCUT2D eigenvalue weighted by Crippen LogP contribution is 2.04. The Morgan fingerprint density at radius 2 is 1.80 bits per heavy atom. The largest absolute Gasteiger partial charge is 0.464 e. The first-order valence-electron chi connectivity index (χ1n) is 6.85. The predicted molar refractivity (Wildman–Crippen MR) is 85.5 cm³/mol. The Kier molecular flexibility index (Phi) is 13.7. The minimum Gasteiger partial charge on any atom is -0.464 e.